The monoisotopic (exact) mass is 408 g/mol. The van der Waals surface area contributed by atoms with E-state index in [0.717, 1.165) is 28.3 Å². The molecule has 1 amide bonds. The highest BCUT2D eigenvalue weighted by Gasteiger charge is 2.05. The van der Waals surface area contributed by atoms with Crippen molar-refractivity contribution in [1.82, 2.24) is 10.2 Å². The van der Waals surface area contributed by atoms with E-state index >= 15 is 0 Å². The first kappa shape index (κ1) is 20.8. The number of hydrogen-bond donors (Lipinski definition) is 1. The van der Waals surface area contributed by atoms with Crippen LogP contribution >= 0.6 is 35.0 Å². The molecule has 0 atom stereocenters. The van der Waals surface area contributed by atoms with E-state index < -0.39 is 0 Å². The minimum absolute atomic E-state index is 0.0886. The van der Waals surface area contributed by atoms with Crippen LogP contribution in [0.2, 0.25) is 10.0 Å². The number of carbonyl (C=O) groups is 1. The topological polar surface area (TPSA) is 32.3 Å². The fourth-order valence-electron chi connectivity index (χ4n) is 2.26. The first-order valence-electron chi connectivity index (χ1n) is 8.27. The maximum atomic E-state index is 12.0. The van der Waals surface area contributed by atoms with Crippen LogP contribution in [-0.4, -0.2) is 38.0 Å². The average molecular weight is 409 g/mol. The van der Waals surface area contributed by atoms with Crippen LogP contribution in [0.4, 0.5) is 0 Å². The summed E-state index contributed by atoms with van der Waals surface area (Å²) >= 11 is 13.7. The van der Waals surface area contributed by atoms with Gasteiger partial charge in [-0.25, -0.2) is 0 Å². The molecular weight excluding hydrogens is 387 g/mol. The van der Waals surface area contributed by atoms with Crippen LogP contribution < -0.4 is 5.32 Å². The Bertz CT molecular complexity index is 758. The summed E-state index contributed by atoms with van der Waals surface area (Å²) in [6.45, 7) is 1.62. The molecule has 26 heavy (non-hydrogen) atoms. The summed E-state index contributed by atoms with van der Waals surface area (Å²) in [5, 5.41) is 4.10. The lowest BCUT2D eigenvalue weighted by atomic mass is 10.2. The molecule has 2 aromatic carbocycles. The van der Waals surface area contributed by atoms with E-state index in [1.165, 1.54) is 0 Å². The summed E-state index contributed by atoms with van der Waals surface area (Å²) in [6.07, 6.45) is 4.32. The van der Waals surface area contributed by atoms with Gasteiger partial charge in [-0.15, -0.1) is 0 Å². The van der Waals surface area contributed by atoms with E-state index in [1.807, 2.05) is 56.6 Å². The van der Waals surface area contributed by atoms with Gasteiger partial charge in [-0.2, -0.15) is 0 Å². The van der Waals surface area contributed by atoms with E-state index in [-0.39, 0.29) is 5.91 Å². The number of benzene rings is 2. The Morgan fingerprint density at radius 3 is 2.54 bits per heavy atom. The highest BCUT2D eigenvalue weighted by atomic mass is 35.5. The molecular formula is C20H22Cl2N2OS. The van der Waals surface area contributed by atoms with Crippen molar-refractivity contribution >= 4 is 46.9 Å². The zero-order valence-electron chi connectivity index (χ0n) is 14.8. The number of rotatable bonds is 8. The normalized spacial score (nSPS) is 11.3. The average Bonchev–Trinajstić information content (AvgIpc) is 2.57. The third kappa shape index (κ3) is 7.42. The Morgan fingerprint density at radius 1 is 1.15 bits per heavy atom. The fraction of sp³-hybridized carbons (Fsp3) is 0.250. The van der Waals surface area contributed by atoms with Crippen molar-refractivity contribution in [3.05, 3.63) is 64.1 Å². The molecule has 3 nitrogen and oxygen atoms in total. The van der Waals surface area contributed by atoms with E-state index in [1.54, 1.807) is 23.9 Å². The smallest absolute Gasteiger partial charge is 0.244 e. The Labute approximate surface area is 169 Å². The molecule has 0 aliphatic carbocycles. The van der Waals surface area contributed by atoms with Crippen molar-refractivity contribution in [2.75, 3.05) is 27.2 Å². The van der Waals surface area contributed by atoms with Crippen molar-refractivity contribution in [3.8, 4) is 0 Å². The van der Waals surface area contributed by atoms with Crippen LogP contribution in [0.25, 0.3) is 6.08 Å². The van der Waals surface area contributed by atoms with Crippen molar-refractivity contribution in [2.24, 2.45) is 0 Å². The largest absolute Gasteiger partial charge is 0.353 e. The third-order valence-corrected chi connectivity index (χ3v) is 4.98. The van der Waals surface area contributed by atoms with Gasteiger partial charge in [0, 0.05) is 32.5 Å². The first-order chi connectivity index (χ1) is 12.4. The second-order valence-electron chi connectivity index (χ2n) is 6.03. The minimum atomic E-state index is -0.0886. The summed E-state index contributed by atoms with van der Waals surface area (Å²) in [6, 6.07) is 13.3. The molecule has 138 valence electrons. The van der Waals surface area contributed by atoms with Crippen LogP contribution in [0, 0.1) is 0 Å². The van der Waals surface area contributed by atoms with Crippen LogP contribution in [0.15, 0.2) is 58.3 Å². The minimum Gasteiger partial charge on any atom is -0.353 e. The quantitative estimate of drug-likeness (QED) is 0.479. The van der Waals surface area contributed by atoms with Crippen molar-refractivity contribution in [1.29, 1.82) is 0 Å². The summed E-state index contributed by atoms with van der Waals surface area (Å²) in [4.78, 5) is 16.0. The molecule has 0 spiro atoms. The Balaban J connectivity index is 2.00. The molecule has 0 heterocycles. The standard InChI is InChI=1S/C20H22Cl2N2OS/c1-24(2)11-5-10-23-20(25)9-8-15-6-3-4-7-19(15)26-18-13-16(21)12-17(22)14-18/h3-4,6-9,12-14H,5,10-11H2,1-2H3,(H,23,25)/b9-8+. The molecule has 2 rings (SSSR count). The number of hydrogen-bond acceptors (Lipinski definition) is 3. The Morgan fingerprint density at radius 2 is 1.85 bits per heavy atom. The third-order valence-electron chi connectivity index (χ3n) is 3.48. The molecule has 0 radical (unpaired) electrons. The lowest BCUT2D eigenvalue weighted by molar-refractivity contribution is -0.116. The van der Waals surface area contributed by atoms with Crippen molar-refractivity contribution in [3.63, 3.8) is 0 Å². The maximum absolute atomic E-state index is 12.0. The van der Waals surface area contributed by atoms with Gasteiger partial charge in [0.25, 0.3) is 0 Å². The van der Waals surface area contributed by atoms with Gasteiger partial charge in [-0.3, -0.25) is 4.79 Å². The lowest BCUT2D eigenvalue weighted by Crippen LogP contribution is -2.25. The van der Waals surface area contributed by atoms with Gasteiger partial charge in [0.2, 0.25) is 5.91 Å². The lowest BCUT2D eigenvalue weighted by Gasteiger charge is -2.09. The SMILES string of the molecule is CN(C)CCCNC(=O)/C=C/c1ccccc1Sc1cc(Cl)cc(Cl)c1. The summed E-state index contributed by atoms with van der Waals surface area (Å²) in [7, 11) is 4.03. The molecule has 0 aliphatic rings. The number of halogens is 2. The van der Waals surface area contributed by atoms with Crippen LogP contribution in [0.1, 0.15) is 12.0 Å². The predicted molar refractivity (Wildman–Crippen MR) is 112 cm³/mol. The van der Waals surface area contributed by atoms with E-state index in [4.69, 9.17) is 23.2 Å². The van der Waals surface area contributed by atoms with E-state index in [2.05, 4.69) is 10.2 Å². The highest BCUT2D eigenvalue weighted by Crippen LogP contribution is 2.34. The zero-order valence-corrected chi connectivity index (χ0v) is 17.2. The van der Waals surface area contributed by atoms with Crippen molar-refractivity contribution in [2.45, 2.75) is 16.2 Å². The first-order valence-corrected chi connectivity index (χ1v) is 9.85. The number of carbonyl (C=O) groups excluding carboxylic acids is 1. The second kappa shape index (κ2) is 10.6. The van der Waals surface area contributed by atoms with Crippen LogP contribution in [-0.2, 0) is 4.79 Å². The highest BCUT2D eigenvalue weighted by molar-refractivity contribution is 7.99. The van der Waals surface area contributed by atoms with Gasteiger partial charge in [-0.05, 0) is 63.0 Å². The van der Waals surface area contributed by atoms with E-state index in [9.17, 15) is 4.79 Å². The van der Waals surface area contributed by atoms with Gasteiger partial charge in [0.15, 0.2) is 0 Å². The molecule has 0 saturated carbocycles. The molecule has 0 unspecified atom stereocenters. The Hall–Kier alpha value is -1.46. The molecule has 2 aromatic rings. The molecule has 0 saturated heterocycles. The number of nitrogens with zero attached hydrogens (tertiary/aromatic N) is 1. The zero-order chi connectivity index (χ0) is 18.9. The second-order valence-corrected chi connectivity index (χ2v) is 8.01. The molecule has 0 bridgehead atoms. The van der Waals surface area contributed by atoms with Gasteiger partial charge in [0.05, 0.1) is 0 Å². The van der Waals surface area contributed by atoms with Crippen LogP contribution in [0.3, 0.4) is 0 Å². The summed E-state index contributed by atoms with van der Waals surface area (Å²) in [5.41, 5.74) is 0.969. The van der Waals surface area contributed by atoms with Crippen LogP contribution in [0.5, 0.6) is 0 Å². The van der Waals surface area contributed by atoms with E-state index in [0.29, 0.717) is 16.6 Å². The Kier molecular flexibility index (Phi) is 8.52. The molecule has 0 aliphatic heterocycles. The van der Waals surface area contributed by atoms with Crippen molar-refractivity contribution < 1.29 is 4.79 Å². The van der Waals surface area contributed by atoms with Gasteiger partial charge in [-0.1, -0.05) is 53.2 Å². The predicted octanol–water partition coefficient (Wildman–Crippen LogP) is 5.23. The summed E-state index contributed by atoms with van der Waals surface area (Å²) < 4.78 is 0. The van der Waals surface area contributed by atoms with Gasteiger partial charge < -0.3 is 10.2 Å². The number of nitrogens with one attached hydrogen (secondary N) is 1. The summed E-state index contributed by atoms with van der Waals surface area (Å²) in [5.74, 6) is -0.0886. The number of amides is 1. The molecule has 0 fully saturated rings. The fourth-order valence-corrected chi connectivity index (χ4v) is 3.94. The van der Waals surface area contributed by atoms with Gasteiger partial charge in [0.1, 0.15) is 0 Å². The maximum Gasteiger partial charge on any atom is 0.244 e. The van der Waals surface area contributed by atoms with Gasteiger partial charge >= 0.3 is 0 Å². The molecule has 1 N–H and O–H groups in total. The molecule has 6 heteroatoms. The molecule has 0 aromatic heterocycles.